The summed E-state index contributed by atoms with van der Waals surface area (Å²) < 4.78 is 0. The summed E-state index contributed by atoms with van der Waals surface area (Å²) in [6.45, 7) is 4.60. The van der Waals surface area contributed by atoms with Gasteiger partial charge in [-0.2, -0.15) is 0 Å². The Bertz CT molecular complexity index is 339. The highest BCUT2D eigenvalue weighted by Crippen LogP contribution is 2.36. The van der Waals surface area contributed by atoms with Crippen molar-refractivity contribution in [2.45, 2.75) is 129 Å². The minimum Gasteiger partial charge on any atom is -0.0883 e. The van der Waals surface area contributed by atoms with Gasteiger partial charge >= 0.3 is 0 Å². The molecular weight excluding hydrogens is 312 g/mol. The van der Waals surface area contributed by atoms with E-state index in [4.69, 9.17) is 0 Å². The van der Waals surface area contributed by atoms with E-state index in [-0.39, 0.29) is 0 Å². The van der Waals surface area contributed by atoms with Crippen molar-refractivity contribution < 1.29 is 0 Å². The molecule has 2 fully saturated rings. The fourth-order valence-electron chi connectivity index (χ4n) is 5.48. The predicted octanol–water partition coefficient (Wildman–Crippen LogP) is 9.10. The largest absolute Gasteiger partial charge is 0.0883 e. The van der Waals surface area contributed by atoms with Gasteiger partial charge in [0, 0.05) is 0 Å². The van der Waals surface area contributed by atoms with Crippen molar-refractivity contribution in [2.75, 3.05) is 0 Å². The predicted molar refractivity (Wildman–Crippen MR) is 118 cm³/mol. The first kappa shape index (κ1) is 22.0. The molecule has 0 bridgehead atoms. The van der Waals surface area contributed by atoms with E-state index in [1.54, 1.807) is 25.7 Å². The van der Waals surface area contributed by atoms with Crippen LogP contribution in [-0.4, -0.2) is 0 Å². The number of rotatable bonds is 12. The molecule has 0 unspecified atom stereocenters. The van der Waals surface area contributed by atoms with Crippen LogP contribution in [0.4, 0.5) is 0 Å². The maximum Gasteiger partial charge on any atom is -0.0233 e. The van der Waals surface area contributed by atoms with E-state index in [0.29, 0.717) is 0 Å². The van der Waals surface area contributed by atoms with Gasteiger partial charge in [0.1, 0.15) is 0 Å². The van der Waals surface area contributed by atoms with Gasteiger partial charge in [-0.3, -0.25) is 0 Å². The minimum absolute atomic E-state index is 0.908. The summed E-state index contributed by atoms with van der Waals surface area (Å²) in [5.74, 6) is 4.13. The van der Waals surface area contributed by atoms with E-state index in [1.807, 2.05) is 0 Å². The molecule has 2 saturated carbocycles. The fourth-order valence-corrected chi connectivity index (χ4v) is 5.48. The number of hydrogen-bond acceptors (Lipinski definition) is 0. The minimum atomic E-state index is 0.908. The molecule has 0 nitrogen and oxygen atoms in total. The SMILES string of the molecule is CCC/C=C/C1CCC(CCCCC2CCC(CCCCC)CC2)CC1. The molecular formula is C26H48. The van der Waals surface area contributed by atoms with E-state index in [1.165, 1.54) is 89.9 Å². The van der Waals surface area contributed by atoms with Gasteiger partial charge in [-0.05, 0) is 55.8 Å². The molecule has 0 aromatic rings. The summed E-state index contributed by atoms with van der Waals surface area (Å²) >= 11 is 0. The van der Waals surface area contributed by atoms with Crippen LogP contribution in [0.2, 0.25) is 0 Å². The smallest absolute Gasteiger partial charge is 0.0233 e. The molecule has 0 aromatic heterocycles. The molecule has 0 aromatic carbocycles. The Balaban J connectivity index is 1.45. The van der Waals surface area contributed by atoms with E-state index in [9.17, 15) is 0 Å². The molecule has 0 amide bonds. The maximum absolute atomic E-state index is 2.53. The average molecular weight is 361 g/mol. The molecule has 2 rings (SSSR count). The Labute approximate surface area is 165 Å². The number of unbranched alkanes of at least 4 members (excludes halogenated alkanes) is 4. The lowest BCUT2D eigenvalue weighted by atomic mass is 9.77. The lowest BCUT2D eigenvalue weighted by Crippen LogP contribution is -2.15. The Morgan fingerprint density at radius 2 is 1.04 bits per heavy atom. The van der Waals surface area contributed by atoms with Crippen LogP contribution in [0.25, 0.3) is 0 Å². The van der Waals surface area contributed by atoms with Crippen LogP contribution in [0, 0.1) is 23.7 Å². The van der Waals surface area contributed by atoms with Crippen molar-refractivity contribution in [3.05, 3.63) is 12.2 Å². The Morgan fingerprint density at radius 1 is 0.577 bits per heavy atom. The first-order chi connectivity index (χ1) is 12.8. The second-order valence-electron chi connectivity index (χ2n) is 9.66. The van der Waals surface area contributed by atoms with Crippen LogP contribution in [0.15, 0.2) is 12.2 Å². The van der Waals surface area contributed by atoms with Crippen LogP contribution >= 0.6 is 0 Å². The highest BCUT2D eigenvalue weighted by Gasteiger charge is 2.21. The van der Waals surface area contributed by atoms with E-state index in [2.05, 4.69) is 26.0 Å². The quantitative estimate of drug-likeness (QED) is 0.240. The third kappa shape index (κ3) is 9.09. The average Bonchev–Trinajstić information content (AvgIpc) is 2.68. The molecule has 0 radical (unpaired) electrons. The standard InChI is InChI=1S/C26H48/c1-3-5-7-11-23-15-19-25(20-16-23)13-9-10-14-26-21-17-24(18-22-26)12-8-6-4-2/h7,11,23-26H,3-6,8-10,12-22H2,1-2H3/b11-7+. The molecule has 0 saturated heterocycles. The molecule has 0 N–H and O–H groups in total. The second-order valence-corrected chi connectivity index (χ2v) is 9.66. The van der Waals surface area contributed by atoms with Gasteiger partial charge in [0.25, 0.3) is 0 Å². The molecule has 0 heterocycles. The van der Waals surface area contributed by atoms with Gasteiger partial charge in [0.05, 0.1) is 0 Å². The number of allylic oxidation sites excluding steroid dienone is 2. The van der Waals surface area contributed by atoms with Crippen LogP contribution in [0.3, 0.4) is 0 Å². The van der Waals surface area contributed by atoms with Crippen LogP contribution in [0.1, 0.15) is 129 Å². The third-order valence-corrected chi connectivity index (χ3v) is 7.41. The molecule has 152 valence electrons. The van der Waals surface area contributed by atoms with Crippen molar-refractivity contribution in [1.82, 2.24) is 0 Å². The van der Waals surface area contributed by atoms with Crippen molar-refractivity contribution in [1.29, 1.82) is 0 Å². The van der Waals surface area contributed by atoms with Crippen LogP contribution in [-0.2, 0) is 0 Å². The zero-order chi connectivity index (χ0) is 18.5. The van der Waals surface area contributed by atoms with E-state index < -0.39 is 0 Å². The van der Waals surface area contributed by atoms with Crippen molar-refractivity contribution in [3.63, 3.8) is 0 Å². The Hall–Kier alpha value is -0.260. The van der Waals surface area contributed by atoms with Crippen molar-refractivity contribution >= 4 is 0 Å². The first-order valence-electron chi connectivity index (χ1n) is 12.5. The highest BCUT2D eigenvalue weighted by atomic mass is 14.3. The summed E-state index contributed by atoms with van der Waals surface area (Å²) in [5.41, 5.74) is 0. The molecule has 0 aliphatic heterocycles. The molecule has 0 spiro atoms. The lowest BCUT2D eigenvalue weighted by Gasteiger charge is -2.29. The second kappa shape index (κ2) is 13.8. The van der Waals surface area contributed by atoms with Gasteiger partial charge < -0.3 is 0 Å². The molecule has 0 heteroatoms. The van der Waals surface area contributed by atoms with Gasteiger partial charge in [-0.25, -0.2) is 0 Å². The Kier molecular flexibility index (Phi) is 11.7. The van der Waals surface area contributed by atoms with E-state index in [0.717, 1.165) is 23.7 Å². The fraction of sp³-hybridized carbons (Fsp3) is 0.923. The topological polar surface area (TPSA) is 0 Å². The van der Waals surface area contributed by atoms with Gasteiger partial charge in [-0.15, -0.1) is 0 Å². The molecule has 2 aliphatic carbocycles. The van der Waals surface area contributed by atoms with Crippen LogP contribution in [0.5, 0.6) is 0 Å². The van der Waals surface area contributed by atoms with Crippen LogP contribution < -0.4 is 0 Å². The normalized spacial score (nSPS) is 30.1. The monoisotopic (exact) mass is 360 g/mol. The van der Waals surface area contributed by atoms with Gasteiger partial charge in [0.15, 0.2) is 0 Å². The molecule has 26 heavy (non-hydrogen) atoms. The zero-order valence-corrected chi connectivity index (χ0v) is 18.2. The summed E-state index contributed by atoms with van der Waals surface area (Å²) in [4.78, 5) is 0. The summed E-state index contributed by atoms with van der Waals surface area (Å²) in [6.07, 6.45) is 31.6. The van der Waals surface area contributed by atoms with Gasteiger partial charge in [-0.1, -0.05) is 109 Å². The van der Waals surface area contributed by atoms with Crippen molar-refractivity contribution in [3.8, 4) is 0 Å². The zero-order valence-electron chi connectivity index (χ0n) is 18.2. The molecule has 0 atom stereocenters. The van der Waals surface area contributed by atoms with E-state index >= 15 is 0 Å². The summed E-state index contributed by atoms with van der Waals surface area (Å²) in [7, 11) is 0. The maximum atomic E-state index is 2.53. The summed E-state index contributed by atoms with van der Waals surface area (Å²) in [6, 6.07) is 0. The van der Waals surface area contributed by atoms with Gasteiger partial charge in [0.2, 0.25) is 0 Å². The van der Waals surface area contributed by atoms with Crippen molar-refractivity contribution in [2.24, 2.45) is 23.7 Å². The summed E-state index contributed by atoms with van der Waals surface area (Å²) in [5, 5.41) is 0. The molecule has 2 aliphatic rings. The first-order valence-corrected chi connectivity index (χ1v) is 12.5. The number of hydrogen-bond donors (Lipinski definition) is 0. The lowest BCUT2D eigenvalue weighted by molar-refractivity contribution is 0.239. The third-order valence-electron chi connectivity index (χ3n) is 7.41. The highest BCUT2D eigenvalue weighted by molar-refractivity contribution is 4.90. The Morgan fingerprint density at radius 3 is 1.50 bits per heavy atom.